The van der Waals surface area contributed by atoms with E-state index in [0.717, 1.165) is 6.08 Å². The minimum atomic E-state index is -1.57. The molecule has 13 heavy (non-hydrogen) atoms. The summed E-state index contributed by atoms with van der Waals surface area (Å²) in [5.41, 5.74) is -0.478. The van der Waals surface area contributed by atoms with Gasteiger partial charge < -0.3 is 0 Å². The van der Waals surface area contributed by atoms with Crippen molar-refractivity contribution in [2.24, 2.45) is 4.99 Å². The normalized spacial score (nSPS) is 9.54. The second kappa shape index (κ2) is 3.41. The van der Waals surface area contributed by atoms with Gasteiger partial charge in [0.2, 0.25) is 6.08 Å². The molecular formula is C8H4F3NO. The van der Waals surface area contributed by atoms with Crippen molar-refractivity contribution in [1.29, 1.82) is 0 Å². The fourth-order valence-electron chi connectivity index (χ4n) is 0.839. The molecule has 1 aromatic carbocycles. The summed E-state index contributed by atoms with van der Waals surface area (Å²) in [6, 6.07) is 0.638. The average Bonchev–Trinajstić information content (AvgIpc) is 2.11. The van der Waals surface area contributed by atoms with E-state index in [9.17, 15) is 18.0 Å². The summed E-state index contributed by atoms with van der Waals surface area (Å²) < 4.78 is 37.8. The molecule has 0 spiro atoms. The van der Waals surface area contributed by atoms with Gasteiger partial charge in [-0.15, -0.1) is 0 Å². The van der Waals surface area contributed by atoms with Crippen LogP contribution in [0.3, 0.4) is 0 Å². The number of halogens is 3. The number of aliphatic imine (C=N–C) groups is 1. The number of nitrogens with zero attached hydrogens (tertiary/aromatic N) is 1. The van der Waals surface area contributed by atoms with Crippen LogP contribution in [-0.4, -0.2) is 6.08 Å². The van der Waals surface area contributed by atoms with Gasteiger partial charge in [-0.25, -0.2) is 18.0 Å². The third kappa shape index (κ3) is 1.60. The van der Waals surface area contributed by atoms with Gasteiger partial charge in [0.05, 0.1) is 5.69 Å². The summed E-state index contributed by atoms with van der Waals surface area (Å²) in [6.07, 6.45) is 1.12. The molecular weight excluding hydrogens is 183 g/mol. The summed E-state index contributed by atoms with van der Waals surface area (Å²) >= 11 is 0. The van der Waals surface area contributed by atoms with E-state index in [4.69, 9.17) is 0 Å². The van der Waals surface area contributed by atoms with E-state index < -0.39 is 17.5 Å². The molecule has 0 amide bonds. The van der Waals surface area contributed by atoms with E-state index in [0.29, 0.717) is 6.07 Å². The summed E-state index contributed by atoms with van der Waals surface area (Å²) in [4.78, 5) is 12.8. The quantitative estimate of drug-likeness (QED) is 0.377. The molecule has 0 unspecified atom stereocenters. The number of rotatable bonds is 1. The first kappa shape index (κ1) is 9.48. The Morgan fingerprint density at radius 2 is 1.92 bits per heavy atom. The molecule has 2 nitrogen and oxygen atoms in total. The smallest absolute Gasteiger partial charge is 0.211 e. The highest BCUT2D eigenvalue weighted by atomic mass is 19.2. The minimum Gasteiger partial charge on any atom is -0.211 e. The molecule has 0 fully saturated rings. The second-order valence-corrected chi connectivity index (χ2v) is 2.33. The molecule has 0 aliphatic rings. The van der Waals surface area contributed by atoms with Crippen LogP contribution in [0.15, 0.2) is 11.1 Å². The van der Waals surface area contributed by atoms with E-state index in [1.807, 2.05) is 0 Å². The van der Waals surface area contributed by atoms with Gasteiger partial charge in [-0.2, -0.15) is 4.99 Å². The predicted octanol–water partition coefficient (Wildman–Crippen LogP) is 2.38. The van der Waals surface area contributed by atoms with E-state index in [1.165, 1.54) is 6.92 Å². The van der Waals surface area contributed by atoms with Crippen molar-refractivity contribution in [3.05, 3.63) is 29.1 Å². The summed E-state index contributed by atoms with van der Waals surface area (Å²) in [6.45, 7) is 1.19. The van der Waals surface area contributed by atoms with Crippen LogP contribution in [0, 0.1) is 24.4 Å². The SMILES string of the molecule is Cc1c(N=C=O)cc(F)c(F)c1F. The molecule has 0 saturated heterocycles. The van der Waals surface area contributed by atoms with Gasteiger partial charge >= 0.3 is 0 Å². The lowest BCUT2D eigenvalue weighted by Crippen LogP contribution is -1.93. The molecule has 0 aliphatic heterocycles. The zero-order valence-electron chi connectivity index (χ0n) is 6.57. The molecule has 0 bridgehead atoms. The Labute approximate surface area is 71.7 Å². The van der Waals surface area contributed by atoms with Crippen LogP contribution in [0.25, 0.3) is 0 Å². The highest BCUT2D eigenvalue weighted by molar-refractivity contribution is 5.53. The number of carbonyl (C=O) groups excluding carboxylic acids is 1. The van der Waals surface area contributed by atoms with Crippen molar-refractivity contribution < 1.29 is 18.0 Å². The van der Waals surface area contributed by atoms with Gasteiger partial charge in [-0.1, -0.05) is 0 Å². The molecule has 0 atom stereocenters. The average molecular weight is 187 g/mol. The molecule has 0 aromatic heterocycles. The number of hydrogen-bond acceptors (Lipinski definition) is 2. The first-order chi connectivity index (χ1) is 6.07. The lowest BCUT2D eigenvalue weighted by molar-refractivity contribution is 0.444. The topological polar surface area (TPSA) is 29.4 Å². The lowest BCUT2D eigenvalue weighted by Gasteiger charge is -2.01. The van der Waals surface area contributed by atoms with Gasteiger partial charge in [-0.05, 0) is 6.92 Å². The molecule has 0 aliphatic carbocycles. The van der Waals surface area contributed by atoms with Crippen LogP contribution < -0.4 is 0 Å². The van der Waals surface area contributed by atoms with Crippen molar-refractivity contribution in [3.63, 3.8) is 0 Å². The molecule has 0 radical (unpaired) electrons. The number of benzene rings is 1. The van der Waals surface area contributed by atoms with Crippen LogP contribution in [0.4, 0.5) is 18.9 Å². The van der Waals surface area contributed by atoms with Gasteiger partial charge in [-0.3, -0.25) is 0 Å². The zero-order valence-corrected chi connectivity index (χ0v) is 6.57. The molecule has 0 saturated carbocycles. The van der Waals surface area contributed by atoms with Crippen LogP contribution in [0.1, 0.15) is 5.56 Å². The van der Waals surface area contributed by atoms with Gasteiger partial charge in [0, 0.05) is 11.6 Å². The lowest BCUT2D eigenvalue weighted by atomic mass is 10.2. The van der Waals surface area contributed by atoms with Crippen LogP contribution in [0.2, 0.25) is 0 Å². The van der Waals surface area contributed by atoms with E-state index >= 15 is 0 Å². The molecule has 1 aromatic rings. The molecule has 0 heterocycles. The third-order valence-electron chi connectivity index (χ3n) is 1.55. The second-order valence-electron chi connectivity index (χ2n) is 2.33. The first-order valence-corrected chi connectivity index (χ1v) is 3.30. The van der Waals surface area contributed by atoms with Crippen LogP contribution in [-0.2, 0) is 4.79 Å². The summed E-state index contributed by atoms with van der Waals surface area (Å²) in [5.74, 6) is -4.28. The molecule has 0 N–H and O–H groups in total. The van der Waals surface area contributed by atoms with Crippen LogP contribution >= 0.6 is 0 Å². The monoisotopic (exact) mass is 187 g/mol. The highest BCUT2D eigenvalue weighted by Gasteiger charge is 2.14. The van der Waals surface area contributed by atoms with Gasteiger partial charge in [0.1, 0.15) is 0 Å². The summed E-state index contributed by atoms with van der Waals surface area (Å²) in [7, 11) is 0. The predicted molar refractivity (Wildman–Crippen MR) is 38.8 cm³/mol. The van der Waals surface area contributed by atoms with Crippen molar-refractivity contribution in [1.82, 2.24) is 0 Å². The fraction of sp³-hybridized carbons (Fsp3) is 0.125. The first-order valence-electron chi connectivity index (χ1n) is 3.30. The Balaban J connectivity index is 3.49. The standard InChI is InChI=1S/C8H4F3NO/c1-4-6(12-3-13)2-5(9)8(11)7(4)10/h2H,1H3. The maximum absolute atomic E-state index is 12.8. The number of hydrogen-bond donors (Lipinski definition) is 0. The van der Waals surface area contributed by atoms with E-state index in [2.05, 4.69) is 4.99 Å². The molecule has 68 valence electrons. The highest BCUT2D eigenvalue weighted by Crippen LogP contribution is 2.24. The Kier molecular flexibility index (Phi) is 2.49. The summed E-state index contributed by atoms with van der Waals surface area (Å²) in [5, 5.41) is 0. The fourth-order valence-corrected chi connectivity index (χ4v) is 0.839. The Hall–Kier alpha value is -1.61. The van der Waals surface area contributed by atoms with E-state index in [1.54, 1.807) is 0 Å². The maximum atomic E-state index is 12.8. The van der Waals surface area contributed by atoms with Crippen molar-refractivity contribution in [2.75, 3.05) is 0 Å². The Morgan fingerprint density at radius 3 is 2.46 bits per heavy atom. The molecule has 5 heteroatoms. The Morgan fingerprint density at radius 1 is 1.31 bits per heavy atom. The molecule has 1 rings (SSSR count). The minimum absolute atomic E-state index is 0.220. The van der Waals surface area contributed by atoms with Gasteiger partial charge in [0.15, 0.2) is 17.5 Å². The van der Waals surface area contributed by atoms with Crippen molar-refractivity contribution in [2.45, 2.75) is 6.92 Å². The van der Waals surface area contributed by atoms with Crippen LogP contribution in [0.5, 0.6) is 0 Å². The third-order valence-corrected chi connectivity index (χ3v) is 1.55. The van der Waals surface area contributed by atoms with Crippen molar-refractivity contribution >= 4 is 11.8 Å². The van der Waals surface area contributed by atoms with Gasteiger partial charge in [0.25, 0.3) is 0 Å². The number of isocyanates is 1. The van der Waals surface area contributed by atoms with Crippen molar-refractivity contribution in [3.8, 4) is 0 Å². The van der Waals surface area contributed by atoms with E-state index in [-0.39, 0.29) is 11.3 Å². The zero-order chi connectivity index (χ0) is 10.0. The maximum Gasteiger partial charge on any atom is 0.240 e. The Bertz CT molecular complexity index is 397. The largest absolute Gasteiger partial charge is 0.240 e.